The van der Waals surface area contributed by atoms with Crippen LogP contribution in [0.3, 0.4) is 0 Å². The van der Waals surface area contributed by atoms with Crippen LogP contribution < -0.4 is 4.74 Å². The molecule has 0 N–H and O–H groups in total. The Morgan fingerprint density at radius 3 is 2.52 bits per heavy atom. The van der Waals surface area contributed by atoms with E-state index in [-0.39, 0.29) is 16.6 Å². The summed E-state index contributed by atoms with van der Waals surface area (Å²) in [4.78, 5) is 0. The van der Waals surface area contributed by atoms with Gasteiger partial charge in [0.2, 0.25) is 0 Å². The highest BCUT2D eigenvalue weighted by Crippen LogP contribution is 2.27. The predicted octanol–water partition coefficient (Wildman–Crippen LogP) is 5.46. The van der Waals surface area contributed by atoms with Gasteiger partial charge in [0.25, 0.3) is 0 Å². The molecule has 0 unspecified atom stereocenters. The molecule has 0 atom stereocenters. The summed E-state index contributed by atoms with van der Waals surface area (Å²) in [5.41, 5.74) is -0.0858. The first-order valence-electron chi connectivity index (χ1n) is 6.40. The SMILES string of the molecule is Fc1ccc(Br)c(F)c1COc1cccc2ccccc12. The molecular weight excluding hydrogens is 338 g/mol. The van der Waals surface area contributed by atoms with Gasteiger partial charge in [-0.3, -0.25) is 0 Å². The van der Waals surface area contributed by atoms with Crippen molar-refractivity contribution in [1.82, 2.24) is 0 Å². The van der Waals surface area contributed by atoms with Gasteiger partial charge in [-0.25, -0.2) is 8.78 Å². The van der Waals surface area contributed by atoms with Gasteiger partial charge in [-0.2, -0.15) is 0 Å². The molecule has 0 aliphatic carbocycles. The second-order valence-electron chi connectivity index (χ2n) is 4.59. The second kappa shape index (κ2) is 5.82. The predicted molar refractivity (Wildman–Crippen MR) is 82.3 cm³/mol. The Kier molecular flexibility index (Phi) is 3.88. The van der Waals surface area contributed by atoms with Crippen molar-refractivity contribution in [2.24, 2.45) is 0 Å². The van der Waals surface area contributed by atoms with Gasteiger partial charge >= 0.3 is 0 Å². The Labute approximate surface area is 129 Å². The molecule has 1 nitrogen and oxygen atoms in total. The molecule has 0 saturated carbocycles. The topological polar surface area (TPSA) is 9.23 Å². The van der Waals surface area contributed by atoms with E-state index >= 15 is 0 Å². The Bertz CT molecular complexity index is 797. The van der Waals surface area contributed by atoms with E-state index in [4.69, 9.17) is 4.74 Å². The van der Waals surface area contributed by atoms with E-state index < -0.39 is 11.6 Å². The number of fused-ring (bicyclic) bond motifs is 1. The molecule has 106 valence electrons. The first kappa shape index (κ1) is 14.0. The van der Waals surface area contributed by atoms with Gasteiger partial charge in [0.15, 0.2) is 0 Å². The maximum atomic E-state index is 13.9. The highest BCUT2D eigenvalue weighted by Gasteiger charge is 2.13. The zero-order chi connectivity index (χ0) is 14.8. The van der Waals surface area contributed by atoms with Crippen molar-refractivity contribution in [3.05, 3.63) is 76.3 Å². The third kappa shape index (κ3) is 2.76. The number of ether oxygens (including phenoxy) is 1. The summed E-state index contributed by atoms with van der Waals surface area (Å²) in [6.07, 6.45) is 0. The molecule has 0 radical (unpaired) electrons. The van der Waals surface area contributed by atoms with Crippen molar-refractivity contribution in [2.75, 3.05) is 0 Å². The molecule has 0 fully saturated rings. The molecule has 0 aliphatic rings. The first-order valence-corrected chi connectivity index (χ1v) is 7.19. The second-order valence-corrected chi connectivity index (χ2v) is 5.44. The molecule has 3 aromatic carbocycles. The van der Waals surface area contributed by atoms with Crippen molar-refractivity contribution in [3.63, 3.8) is 0 Å². The molecule has 0 spiro atoms. The molecule has 0 heterocycles. The van der Waals surface area contributed by atoms with Crippen LogP contribution in [0.15, 0.2) is 59.1 Å². The fourth-order valence-corrected chi connectivity index (χ4v) is 2.54. The van der Waals surface area contributed by atoms with Gasteiger partial charge in [-0.05, 0) is 39.5 Å². The minimum absolute atomic E-state index is 0.0858. The third-order valence-corrected chi connectivity index (χ3v) is 3.87. The van der Waals surface area contributed by atoms with Crippen LogP contribution in [0.4, 0.5) is 8.78 Å². The highest BCUT2D eigenvalue weighted by molar-refractivity contribution is 9.10. The monoisotopic (exact) mass is 348 g/mol. The summed E-state index contributed by atoms with van der Waals surface area (Å²) < 4.78 is 33.5. The first-order chi connectivity index (χ1) is 10.2. The van der Waals surface area contributed by atoms with Crippen molar-refractivity contribution in [3.8, 4) is 5.75 Å². The van der Waals surface area contributed by atoms with E-state index in [1.165, 1.54) is 12.1 Å². The van der Waals surface area contributed by atoms with Crippen LogP contribution in [0.2, 0.25) is 0 Å². The Morgan fingerprint density at radius 1 is 0.905 bits per heavy atom. The van der Waals surface area contributed by atoms with Gasteiger partial charge in [-0.15, -0.1) is 0 Å². The smallest absolute Gasteiger partial charge is 0.146 e. The lowest BCUT2D eigenvalue weighted by molar-refractivity contribution is 0.295. The van der Waals surface area contributed by atoms with E-state index in [1.54, 1.807) is 6.07 Å². The minimum Gasteiger partial charge on any atom is -0.488 e. The summed E-state index contributed by atoms with van der Waals surface area (Å²) in [7, 11) is 0. The lowest BCUT2D eigenvalue weighted by atomic mass is 10.1. The Balaban J connectivity index is 1.93. The molecule has 0 aromatic heterocycles. The zero-order valence-electron chi connectivity index (χ0n) is 10.9. The van der Waals surface area contributed by atoms with Gasteiger partial charge in [-0.1, -0.05) is 36.4 Å². The third-order valence-electron chi connectivity index (χ3n) is 3.26. The van der Waals surface area contributed by atoms with E-state index in [0.717, 1.165) is 10.8 Å². The summed E-state index contributed by atoms with van der Waals surface area (Å²) in [6.45, 7) is -0.162. The van der Waals surface area contributed by atoms with Crippen LogP contribution in [0.5, 0.6) is 5.75 Å². The molecular formula is C17H11BrF2O. The average Bonchev–Trinajstić information content (AvgIpc) is 2.51. The van der Waals surface area contributed by atoms with Crippen LogP contribution in [0.25, 0.3) is 10.8 Å². The van der Waals surface area contributed by atoms with Crippen molar-refractivity contribution < 1.29 is 13.5 Å². The van der Waals surface area contributed by atoms with Crippen LogP contribution in [0.1, 0.15) is 5.56 Å². The lowest BCUT2D eigenvalue weighted by Crippen LogP contribution is -2.03. The number of hydrogen-bond donors (Lipinski definition) is 0. The largest absolute Gasteiger partial charge is 0.488 e. The summed E-state index contributed by atoms with van der Waals surface area (Å²) in [5, 5.41) is 1.93. The van der Waals surface area contributed by atoms with Gasteiger partial charge in [0, 0.05) is 5.39 Å². The Morgan fingerprint density at radius 2 is 1.67 bits per heavy atom. The van der Waals surface area contributed by atoms with Gasteiger partial charge < -0.3 is 4.74 Å². The normalized spacial score (nSPS) is 10.8. The molecule has 3 rings (SSSR count). The molecule has 0 bridgehead atoms. The van der Waals surface area contributed by atoms with Crippen LogP contribution in [-0.4, -0.2) is 0 Å². The van der Waals surface area contributed by atoms with Crippen LogP contribution >= 0.6 is 15.9 Å². The molecule has 4 heteroatoms. The van der Waals surface area contributed by atoms with Gasteiger partial charge in [0.05, 0.1) is 10.0 Å². The van der Waals surface area contributed by atoms with E-state index in [2.05, 4.69) is 15.9 Å². The highest BCUT2D eigenvalue weighted by atomic mass is 79.9. The molecule has 3 aromatic rings. The minimum atomic E-state index is -0.629. The lowest BCUT2D eigenvalue weighted by Gasteiger charge is -2.11. The molecule has 0 amide bonds. The van der Waals surface area contributed by atoms with Crippen molar-refractivity contribution >= 4 is 26.7 Å². The summed E-state index contributed by atoms with van der Waals surface area (Å²) >= 11 is 3.05. The number of rotatable bonds is 3. The summed E-state index contributed by atoms with van der Waals surface area (Å²) in [6, 6.07) is 15.9. The fraction of sp³-hybridized carbons (Fsp3) is 0.0588. The number of hydrogen-bond acceptors (Lipinski definition) is 1. The standard InChI is InChI=1S/C17H11BrF2O/c18-14-8-9-15(19)13(17(14)20)10-21-16-7-3-5-11-4-1-2-6-12(11)16/h1-9H,10H2. The average molecular weight is 349 g/mol. The van der Waals surface area contributed by atoms with Gasteiger partial charge in [0.1, 0.15) is 24.0 Å². The maximum absolute atomic E-state index is 13.9. The maximum Gasteiger partial charge on any atom is 0.146 e. The summed E-state index contributed by atoms with van der Waals surface area (Å²) in [5.74, 6) is -0.641. The molecule has 0 saturated heterocycles. The Hall–Kier alpha value is -1.94. The van der Waals surface area contributed by atoms with E-state index in [1.807, 2.05) is 36.4 Å². The van der Waals surface area contributed by atoms with Crippen molar-refractivity contribution in [1.29, 1.82) is 0 Å². The van der Waals surface area contributed by atoms with E-state index in [0.29, 0.717) is 5.75 Å². The molecule has 21 heavy (non-hydrogen) atoms. The van der Waals surface area contributed by atoms with Crippen LogP contribution in [-0.2, 0) is 6.61 Å². The molecule has 0 aliphatic heterocycles. The number of halogens is 3. The van der Waals surface area contributed by atoms with Crippen LogP contribution in [0, 0.1) is 11.6 Å². The van der Waals surface area contributed by atoms with E-state index in [9.17, 15) is 8.78 Å². The number of benzene rings is 3. The quantitative estimate of drug-likeness (QED) is 0.571. The zero-order valence-corrected chi connectivity index (χ0v) is 12.5. The van der Waals surface area contributed by atoms with Crippen molar-refractivity contribution in [2.45, 2.75) is 6.61 Å². The fourth-order valence-electron chi connectivity index (χ4n) is 2.17.